The summed E-state index contributed by atoms with van der Waals surface area (Å²) in [6.07, 6.45) is 0. The lowest BCUT2D eigenvalue weighted by Crippen LogP contribution is -2.01. The van der Waals surface area contributed by atoms with Gasteiger partial charge in [-0.05, 0) is 50.5 Å². The second kappa shape index (κ2) is 12.1. The average molecular weight is 668 g/mol. The maximum Gasteiger partial charge on any atom is 0.164 e. The molecule has 0 spiro atoms. The van der Waals surface area contributed by atoms with Gasteiger partial charge in [0.1, 0.15) is 0 Å². The minimum Gasteiger partial charge on any atom is -0.208 e. The predicted molar refractivity (Wildman–Crippen MR) is 215 cm³/mol. The van der Waals surface area contributed by atoms with E-state index < -0.39 is 0 Å². The van der Waals surface area contributed by atoms with Crippen LogP contribution in [-0.4, -0.2) is 15.0 Å². The van der Waals surface area contributed by atoms with Gasteiger partial charge in [0.25, 0.3) is 0 Å². The molecule has 10 aromatic rings. The Morgan fingerprint density at radius 1 is 0.314 bits per heavy atom. The van der Waals surface area contributed by atoms with Crippen LogP contribution in [0.3, 0.4) is 0 Å². The highest BCUT2D eigenvalue weighted by molar-refractivity contribution is 7.27. The van der Waals surface area contributed by atoms with Crippen LogP contribution >= 0.6 is 11.3 Å². The van der Waals surface area contributed by atoms with Crippen LogP contribution in [-0.2, 0) is 0 Å². The average Bonchev–Trinajstić information content (AvgIpc) is 3.60. The first-order valence-electron chi connectivity index (χ1n) is 17.1. The van der Waals surface area contributed by atoms with Crippen LogP contribution in [0.4, 0.5) is 0 Å². The summed E-state index contributed by atoms with van der Waals surface area (Å²) in [6.45, 7) is 0. The molecule has 0 unspecified atom stereocenters. The van der Waals surface area contributed by atoms with Crippen molar-refractivity contribution in [1.29, 1.82) is 0 Å². The molecule has 0 radical (unpaired) electrons. The number of thiophene rings is 1. The SMILES string of the molecule is c1ccc(-c2cccc(-c3nc(-c4ccccc4)nc(-c4cc5c6cccc(-c7ccccc7)c6sc5c5c4ccc4ccccc45)n3)c2)cc1. The van der Waals surface area contributed by atoms with Crippen molar-refractivity contribution in [3.63, 3.8) is 0 Å². The van der Waals surface area contributed by atoms with E-state index in [9.17, 15) is 0 Å². The van der Waals surface area contributed by atoms with Crippen molar-refractivity contribution in [3.8, 4) is 56.4 Å². The van der Waals surface area contributed by atoms with E-state index in [1.165, 1.54) is 47.5 Å². The Hall–Kier alpha value is -6.49. The molecule has 8 aromatic carbocycles. The van der Waals surface area contributed by atoms with E-state index in [-0.39, 0.29) is 0 Å². The molecular formula is C47H29N3S. The third-order valence-corrected chi connectivity index (χ3v) is 11.0. The Kier molecular flexibility index (Phi) is 7.00. The van der Waals surface area contributed by atoms with Crippen molar-refractivity contribution in [2.75, 3.05) is 0 Å². The smallest absolute Gasteiger partial charge is 0.164 e. The second-order valence-electron chi connectivity index (χ2n) is 12.8. The lowest BCUT2D eigenvalue weighted by Gasteiger charge is -2.13. The molecule has 10 rings (SSSR count). The lowest BCUT2D eigenvalue weighted by molar-refractivity contribution is 1.08. The van der Waals surface area contributed by atoms with Crippen LogP contribution in [0.1, 0.15) is 0 Å². The summed E-state index contributed by atoms with van der Waals surface area (Å²) in [5.41, 5.74) is 7.63. The summed E-state index contributed by atoms with van der Waals surface area (Å²) in [4.78, 5) is 15.6. The number of fused-ring (bicyclic) bond motifs is 7. The molecule has 0 amide bonds. The van der Waals surface area contributed by atoms with Gasteiger partial charge in [0, 0.05) is 42.2 Å². The van der Waals surface area contributed by atoms with Gasteiger partial charge in [-0.25, -0.2) is 15.0 Å². The Morgan fingerprint density at radius 3 is 1.69 bits per heavy atom. The summed E-state index contributed by atoms with van der Waals surface area (Å²) in [5, 5.41) is 7.24. The highest BCUT2D eigenvalue weighted by atomic mass is 32.1. The van der Waals surface area contributed by atoms with Crippen molar-refractivity contribution in [3.05, 3.63) is 176 Å². The lowest BCUT2D eigenvalue weighted by atomic mass is 9.94. The highest BCUT2D eigenvalue weighted by Gasteiger charge is 2.20. The normalized spacial score (nSPS) is 11.5. The molecule has 0 aliphatic rings. The molecule has 0 aliphatic carbocycles. The van der Waals surface area contributed by atoms with Gasteiger partial charge in [-0.15, -0.1) is 11.3 Å². The third kappa shape index (κ3) is 5.08. The Balaban J connectivity index is 1.28. The molecule has 0 bridgehead atoms. The number of rotatable bonds is 5. The maximum absolute atomic E-state index is 5.28. The molecule has 0 aliphatic heterocycles. The topological polar surface area (TPSA) is 38.7 Å². The Labute approximate surface area is 299 Å². The Bertz CT molecular complexity index is 2900. The Morgan fingerprint density at radius 2 is 0.902 bits per heavy atom. The molecule has 0 atom stereocenters. The fourth-order valence-electron chi connectivity index (χ4n) is 7.27. The number of hydrogen-bond donors (Lipinski definition) is 0. The highest BCUT2D eigenvalue weighted by Crippen LogP contribution is 2.47. The van der Waals surface area contributed by atoms with Gasteiger partial charge in [-0.2, -0.15) is 0 Å². The summed E-state index contributed by atoms with van der Waals surface area (Å²) in [5.74, 6) is 1.95. The summed E-state index contributed by atoms with van der Waals surface area (Å²) < 4.78 is 2.56. The zero-order chi connectivity index (χ0) is 33.7. The van der Waals surface area contributed by atoms with E-state index >= 15 is 0 Å². The van der Waals surface area contributed by atoms with E-state index in [2.05, 4.69) is 152 Å². The second-order valence-corrected chi connectivity index (χ2v) is 13.8. The van der Waals surface area contributed by atoms with Crippen molar-refractivity contribution < 1.29 is 0 Å². The zero-order valence-electron chi connectivity index (χ0n) is 27.5. The number of benzene rings is 8. The predicted octanol–water partition coefficient (Wildman–Crippen LogP) is 12.9. The van der Waals surface area contributed by atoms with E-state index in [4.69, 9.17) is 15.0 Å². The molecule has 2 aromatic heterocycles. The van der Waals surface area contributed by atoms with Crippen LogP contribution in [0, 0.1) is 0 Å². The standard InChI is InChI=1S/C47H29N3S/c1-4-14-30(15-5-1)34-21-12-22-35(28-34)46-48-45(33-19-8-3-9-20-33)49-47(50-46)41-29-40-39-25-13-24-37(31-16-6-2-7-17-31)43(39)51-44(40)42-36-23-11-10-18-32(36)26-27-38(41)42/h1-29H. The van der Waals surface area contributed by atoms with Crippen LogP contribution in [0.5, 0.6) is 0 Å². The molecule has 0 N–H and O–H groups in total. The van der Waals surface area contributed by atoms with Crippen LogP contribution < -0.4 is 0 Å². The number of hydrogen-bond acceptors (Lipinski definition) is 4. The van der Waals surface area contributed by atoms with Gasteiger partial charge in [-0.1, -0.05) is 164 Å². The van der Waals surface area contributed by atoms with Gasteiger partial charge in [0.2, 0.25) is 0 Å². The van der Waals surface area contributed by atoms with Gasteiger partial charge in [0.05, 0.1) is 0 Å². The minimum atomic E-state index is 0.646. The molecule has 4 heteroatoms. The van der Waals surface area contributed by atoms with Crippen molar-refractivity contribution in [2.24, 2.45) is 0 Å². The number of nitrogens with zero attached hydrogens (tertiary/aromatic N) is 3. The van der Waals surface area contributed by atoms with E-state index in [1.807, 2.05) is 35.6 Å². The maximum atomic E-state index is 5.28. The van der Waals surface area contributed by atoms with E-state index in [1.54, 1.807) is 0 Å². The van der Waals surface area contributed by atoms with Gasteiger partial charge < -0.3 is 0 Å². The minimum absolute atomic E-state index is 0.646. The van der Waals surface area contributed by atoms with Crippen molar-refractivity contribution >= 4 is 53.1 Å². The molecule has 51 heavy (non-hydrogen) atoms. The first-order valence-corrected chi connectivity index (χ1v) is 17.9. The van der Waals surface area contributed by atoms with Crippen molar-refractivity contribution in [2.45, 2.75) is 0 Å². The molecule has 3 nitrogen and oxygen atoms in total. The third-order valence-electron chi connectivity index (χ3n) is 9.71. The van der Waals surface area contributed by atoms with E-state index in [0.717, 1.165) is 33.2 Å². The fraction of sp³-hybridized carbons (Fsp3) is 0. The van der Waals surface area contributed by atoms with Gasteiger partial charge in [-0.3, -0.25) is 0 Å². The zero-order valence-corrected chi connectivity index (χ0v) is 28.3. The fourth-order valence-corrected chi connectivity index (χ4v) is 8.66. The van der Waals surface area contributed by atoms with Crippen LogP contribution in [0.2, 0.25) is 0 Å². The number of aromatic nitrogens is 3. The van der Waals surface area contributed by atoms with Gasteiger partial charge >= 0.3 is 0 Å². The largest absolute Gasteiger partial charge is 0.208 e. The van der Waals surface area contributed by atoms with Crippen LogP contribution in [0.25, 0.3) is 98.1 Å². The molecule has 0 saturated heterocycles. The first-order chi connectivity index (χ1) is 25.3. The quantitative estimate of drug-likeness (QED) is 0.171. The van der Waals surface area contributed by atoms with Crippen molar-refractivity contribution in [1.82, 2.24) is 15.0 Å². The summed E-state index contributed by atoms with van der Waals surface area (Å²) in [6, 6.07) is 62.0. The first kappa shape index (κ1) is 29.4. The molecule has 238 valence electrons. The molecule has 0 saturated carbocycles. The van der Waals surface area contributed by atoms with Crippen LogP contribution in [0.15, 0.2) is 176 Å². The summed E-state index contributed by atoms with van der Waals surface area (Å²) in [7, 11) is 0. The van der Waals surface area contributed by atoms with E-state index in [0.29, 0.717) is 17.5 Å². The summed E-state index contributed by atoms with van der Waals surface area (Å²) >= 11 is 1.88. The van der Waals surface area contributed by atoms with Gasteiger partial charge in [0.15, 0.2) is 17.5 Å². The monoisotopic (exact) mass is 667 g/mol. The molecule has 0 fully saturated rings. The molecule has 2 heterocycles. The molecular weight excluding hydrogens is 639 g/mol.